The summed E-state index contributed by atoms with van der Waals surface area (Å²) in [5, 5.41) is 11.8. The van der Waals surface area contributed by atoms with Gasteiger partial charge in [-0.15, -0.1) is 0 Å². The Balaban J connectivity index is 2.32. The largest absolute Gasteiger partial charge is 0.304 e. The van der Waals surface area contributed by atoms with Gasteiger partial charge < -0.3 is 5.32 Å². The Morgan fingerprint density at radius 1 is 1.62 bits per heavy atom. The van der Waals surface area contributed by atoms with Crippen LogP contribution >= 0.6 is 0 Å². The Bertz CT molecular complexity index is 181. The molecule has 0 heterocycles. The predicted octanol–water partition coefficient (Wildman–Crippen LogP) is 0.972. The monoisotopic (exact) mass is 181 g/mol. The standard InChI is InChI=1S/C10H19N3/c1-3-6-13(10-4-5-10)8-9(7-11)12-2/h9-10,12H,3-6,8H2,1-2H3. The molecule has 1 atom stereocenters. The van der Waals surface area contributed by atoms with E-state index in [9.17, 15) is 0 Å². The van der Waals surface area contributed by atoms with Crippen LogP contribution in [0.5, 0.6) is 0 Å². The topological polar surface area (TPSA) is 39.1 Å². The molecule has 0 aromatic rings. The van der Waals surface area contributed by atoms with Crippen LogP contribution in [0.25, 0.3) is 0 Å². The van der Waals surface area contributed by atoms with Crippen molar-refractivity contribution < 1.29 is 0 Å². The van der Waals surface area contributed by atoms with E-state index in [2.05, 4.69) is 23.2 Å². The van der Waals surface area contributed by atoms with Crippen molar-refractivity contribution in [2.75, 3.05) is 20.1 Å². The van der Waals surface area contributed by atoms with Crippen LogP contribution < -0.4 is 5.32 Å². The highest BCUT2D eigenvalue weighted by Crippen LogP contribution is 2.26. The molecular formula is C10H19N3. The third-order valence-corrected chi connectivity index (χ3v) is 2.50. The first-order valence-corrected chi connectivity index (χ1v) is 5.12. The van der Waals surface area contributed by atoms with E-state index in [-0.39, 0.29) is 6.04 Å². The number of hydrogen-bond acceptors (Lipinski definition) is 3. The Morgan fingerprint density at radius 2 is 2.31 bits per heavy atom. The van der Waals surface area contributed by atoms with Crippen LogP contribution in [-0.2, 0) is 0 Å². The van der Waals surface area contributed by atoms with E-state index < -0.39 is 0 Å². The summed E-state index contributed by atoms with van der Waals surface area (Å²) in [5.74, 6) is 0. The van der Waals surface area contributed by atoms with Gasteiger partial charge in [-0.3, -0.25) is 4.90 Å². The van der Waals surface area contributed by atoms with Crippen molar-refractivity contribution in [2.24, 2.45) is 0 Å². The molecule has 13 heavy (non-hydrogen) atoms. The summed E-state index contributed by atoms with van der Waals surface area (Å²) in [6.07, 6.45) is 3.82. The van der Waals surface area contributed by atoms with E-state index in [0.717, 1.165) is 19.1 Å². The molecule has 0 bridgehead atoms. The molecular weight excluding hydrogens is 162 g/mol. The van der Waals surface area contributed by atoms with Gasteiger partial charge in [0.2, 0.25) is 0 Å². The van der Waals surface area contributed by atoms with Crippen LogP contribution in [0.1, 0.15) is 26.2 Å². The molecule has 3 heteroatoms. The molecule has 1 aliphatic carbocycles. The molecule has 0 saturated heterocycles. The van der Waals surface area contributed by atoms with E-state index in [4.69, 9.17) is 5.26 Å². The summed E-state index contributed by atoms with van der Waals surface area (Å²) in [7, 11) is 1.85. The molecule has 1 aliphatic rings. The maximum atomic E-state index is 8.81. The van der Waals surface area contributed by atoms with Crippen molar-refractivity contribution in [1.82, 2.24) is 10.2 Å². The van der Waals surface area contributed by atoms with Crippen LogP contribution in [0.3, 0.4) is 0 Å². The second kappa shape index (κ2) is 5.21. The fourth-order valence-corrected chi connectivity index (χ4v) is 1.58. The van der Waals surface area contributed by atoms with Gasteiger partial charge in [0.05, 0.1) is 6.07 Å². The zero-order chi connectivity index (χ0) is 9.68. The third-order valence-electron chi connectivity index (χ3n) is 2.50. The molecule has 0 aromatic carbocycles. The lowest BCUT2D eigenvalue weighted by molar-refractivity contribution is 0.251. The molecule has 0 aromatic heterocycles. The minimum atomic E-state index is -0.00727. The molecule has 1 unspecified atom stereocenters. The van der Waals surface area contributed by atoms with Gasteiger partial charge in [0, 0.05) is 12.6 Å². The smallest absolute Gasteiger partial charge is 0.108 e. The first-order chi connectivity index (χ1) is 6.31. The molecule has 1 N–H and O–H groups in total. The number of rotatable bonds is 6. The van der Waals surface area contributed by atoms with Crippen LogP contribution in [0.4, 0.5) is 0 Å². The van der Waals surface area contributed by atoms with Gasteiger partial charge >= 0.3 is 0 Å². The quantitative estimate of drug-likeness (QED) is 0.663. The second-order valence-electron chi connectivity index (χ2n) is 3.70. The van der Waals surface area contributed by atoms with E-state index in [0.29, 0.717) is 0 Å². The number of hydrogen-bond donors (Lipinski definition) is 1. The lowest BCUT2D eigenvalue weighted by atomic mass is 10.3. The zero-order valence-electron chi connectivity index (χ0n) is 8.58. The fourth-order valence-electron chi connectivity index (χ4n) is 1.58. The Labute approximate surface area is 80.7 Å². The third kappa shape index (κ3) is 3.33. The number of nitriles is 1. The summed E-state index contributed by atoms with van der Waals surface area (Å²) in [4.78, 5) is 2.43. The van der Waals surface area contributed by atoms with Gasteiger partial charge in [0.25, 0.3) is 0 Å². The van der Waals surface area contributed by atoms with Crippen molar-refractivity contribution in [3.05, 3.63) is 0 Å². The van der Waals surface area contributed by atoms with Crippen LogP contribution in [0, 0.1) is 11.3 Å². The van der Waals surface area contributed by atoms with Gasteiger partial charge in [0.1, 0.15) is 6.04 Å². The van der Waals surface area contributed by atoms with Crippen molar-refractivity contribution in [2.45, 2.75) is 38.3 Å². The Hall–Kier alpha value is -0.590. The minimum absolute atomic E-state index is 0.00727. The van der Waals surface area contributed by atoms with Crippen LogP contribution in [0.2, 0.25) is 0 Å². The molecule has 1 rings (SSSR count). The van der Waals surface area contributed by atoms with E-state index in [1.807, 2.05) is 7.05 Å². The van der Waals surface area contributed by atoms with Crippen LogP contribution in [-0.4, -0.2) is 37.1 Å². The fraction of sp³-hybridized carbons (Fsp3) is 0.900. The van der Waals surface area contributed by atoms with Crippen molar-refractivity contribution >= 4 is 0 Å². The van der Waals surface area contributed by atoms with Crippen molar-refractivity contribution in [3.8, 4) is 6.07 Å². The lowest BCUT2D eigenvalue weighted by Crippen LogP contribution is -2.40. The second-order valence-corrected chi connectivity index (χ2v) is 3.70. The Kier molecular flexibility index (Phi) is 4.20. The van der Waals surface area contributed by atoms with Gasteiger partial charge in [0.15, 0.2) is 0 Å². The van der Waals surface area contributed by atoms with Crippen LogP contribution in [0.15, 0.2) is 0 Å². The maximum Gasteiger partial charge on any atom is 0.108 e. The van der Waals surface area contributed by atoms with Gasteiger partial charge in [-0.2, -0.15) is 5.26 Å². The SMILES string of the molecule is CCCN(CC(C#N)NC)C1CC1. The van der Waals surface area contributed by atoms with Gasteiger partial charge in [-0.1, -0.05) is 6.92 Å². The minimum Gasteiger partial charge on any atom is -0.304 e. The number of nitrogens with one attached hydrogen (secondary N) is 1. The van der Waals surface area contributed by atoms with Gasteiger partial charge in [-0.05, 0) is 32.9 Å². The molecule has 0 spiro atoms. The average Bonchev–Trinajstić information content (AvgIpc) is 2.95. The van der Waals surface area contributed by atoms with Gasteiger partial charge in [-0.25, -0.2) is 0 Å². The predicted molar refractivity (Wildman–Crippen MR) is 53.3 cm³/mol. The lowest BCUT2D eigenvalue weighted by Gasteiger charge is -2.23. The summed E-state index contributed by atoms with van der Waals surface area (Å²) in [6.45, 7) is 4.20. The zero-order valence-corrected chi connectivity index (χ0v) is 8.58. The average molecular weight is 181 g/mol. The normalized spacial score (nSPS) is 18.6. The highest BCUT2D eigenvalue weighted by Gasteiger charge is 2.29. The summed E-state index contributed by atoms with van der Waals surface area (Å²) < 4.78 is 0. The molecule has 74 valence electrons. The number of likely N-dealkylation sites (N-methyl/N-ethyl adjacent to an activating group) is 1. The molecule has 1 fully saturated rings. The molecule has 1 saturated carbocycles. The highest BCUT2D eigenvalue weighted by atomic mass is 15.2. The summed E-state index contributed by atoms with van der Waals surface area (Å²) in [5.41, 5.74) is 0. The van der Waals surface area contributed by atoms with E-state index >= 15 is 0 Å². The van der Waals surface area contributed by atoms with E-state index in [1.165, 1.54) is 19.3 Å². The first kappa shape index (κ1) is 10.5. The molecule has 0 aliphatic heterocycles. The molecule has 0 radical (unpaired) electrons. The van der Waals surface area contributed by atoms with Crippen molar-refractivity contribution in [3.63, 3.8) is 0 Å². The highest BCUT2D eigenvalue weighted by molar-refractivity contribution is 4.94. The van der Waals surface area contributed by atoms with E-state index in [1.54, 1.807) is 0 Å². The molecule has 0 amide bonds. The maximum absolute atomic E-state index is 8.81. The Morgan fingerprint density at radius 3 is 2.69 bits per heavy atom. The summed E-state index contributed by atoms with van der Waals surface area (Å²) in [6, 6.07) is 3.03. The number of nitrogens with zero attached hydrogens (tertiary/aromatic N) is 2. The summed E-state index contributed by atoms with van der Waals surface area (Å²) >= 11 is 0. The van der Waals surface area contributed by atoms with Crippen molar-refractivity contribution in [1.29, 1.82) is 5.26 Å². The first-order valence-electron chi connectivity index (χ1n) is 5.12. The molecule has 3 nitrogen and oxygen atoms in total.